The van der Waals surface area contributed by atoms with E-state index in [0.29, 0.717) is 6.42 Å². The van der Waals surface area contributed by atoms with Crippen LogP contribution in [0.4, 0.5) is 0 Å². The molecule has 0 aromatic heterocycles. The van der Waals surface area contributed by atoms with Gasteiger partial charge in [-0.1, -0.05) is 43.7 Å². The SMILES string of the molecule is CCC(=O)OC1(c2ccccc2)CCCCC1. The first-order valence-electron chi connectivity index (χ1n) is 6.54. The highest BCUT2D eigenvalue weighted by Crippen LogP contribution is 2.40. The van der Waals surface area contributed by atoms with Gasteiger partial charge in [-0.25, -0.2) is 0 Å². The Morgan fingerprint density at radius 3 is 2.41 bits per heavy atom. The van der Waals surface area contributed by atoms with E-state index in [0.717, 1.165) is 31.2 Å². The van der Waals surface area contributed by atoms with Gasteiger partial charge in [0.15, 0.2) is 0 Å². The number of carbonyl (C=O) groups is 1. The molecule has 0 heterocycles. The molecule has 92 valence electrons. The van der Waals surface area contributed by atoms with Crippen molar-refractivity contribution in [1.82, 2.24) is 0 Å². The van der Waals surface area contributed by atoms with Crippen LogP contribution in [0.15, 0.2) is 30.3 Å². The second kappa shape index (κ2) is 5.35. The number of esters is 1. The Hall–Kier alpha value is -1.31. The first-order chi connectivity index (χ1) is 8.27. The lowest BCUT2D eigenvalue weighted by Gasteiger charge is -2.37. The van der Waals surface area contributed by atoms with E-state index >= 15 is 0 Å². The summed E-state index contributed by atoms with van der Waals surface area (Å²) in [5, 5.41) is 0. The maximum Gasteiger partial charge on any atom is 0.306 e. The van der Waals surface area contributed by atoms with E-state index in [-0.39, 0.29) is 11.6 Å². The summed E-state index contributed by atoms with van der Waals surface area (Å²) >= 11 is 0. The Bertz CT molecular complexity index is 364. The van der Waals surface area contributed by atoms with E-state index < -0.39 is 0 Å². The molecule has 2 rings (SSSR count). The average Bonchev–Trinajstić information content (AvgIpc) is 2.40. The maximum atomic E-state index is 11.6. The highest BCUT2D eigenvalue weighted by atomic mass is 16.6. The third-order valence-corrected chi connectivity index (χ3v) is 3.56. The van der Waals surface area contributed by atoms with Gasteiger partial charge < -0.3 is 4.74 Å². The Labute approximate surface area is 103 Å². The summed E-state index contributed by atoms with van der Waals surface area (Å²) in [5.74, 6) is -0.0873. The van der Waals surface area contributed by atoms with Crippen LogP contribution in [-0.4, -0.2) is 5.97 Å². The fraction of sp³-hybridized carbons (Fsp3) is 0.533. The predicted molar refractivity (Wildman–Crippen MR) is 67.6 cm³/mol. The number of rotatable bonds is 3. The number of ether oxygens (including phenoxy) is 1. The summed E-state index contributed by atoms with van der Waals surface area (Å²) in [6, 6.07) is 10.2. The number of carbonyl (C=O) groups excluding carboxylic acids is 1. The van der Waals surface area contributed by atoms with Gasteiger partial charge in [0.25, 0.3) is 0 Å². The van der Waals surface area contributed by atoms with Crippen molar-refractivity contribution in [3.63, 3.8) is 0 Å². The lowest BCUT2D eigenvalue weighted by atomic mass is 9.79. The Kier molecular flexibility index (Phi) is 3.82. The van der Waals surface area contributed by atoms with Crippen LogP contribution in [0.25, 0.3) is 0 Å². The molecule has 1 aliphatic carbocycles. The molecule has 2 nitrogen and oxygen atoms in total. The minimum Gasteiger partial charge on any atom is -0.454 e. The van der Waals surface area contributed by atoms with Gasteiger partial charge in [0.1, 0.15) is 5.60 Å². The highest BCUT2D eigenvalue weighted by Gasteiger charge is 2.37. The van der Waals surface area contributed by atoms with E-state index in [1.807, 2.05) is 25.1 Å². The van der Waals surface area contributed by atoms with Crippen molar-refractivity contribution in [3.05, 3.63) is 35.9 Å². The third-order valence-electron chi connectivity index (χ3n) is 3.56. The molecule has 1 fully saturated rings. The van der Waals surface area contributed by atoms with Gasteiger partial charge in [-0.2, -0.15) is 0 Å². The molecular formula is C15H20O2. The normalized spacial score (nSPS) is 18.6. The molecule has 0 radical (unpaired) electrons. The van der Waals surface area contributed by atoms with E-state index in [1.54, 1.807) is 0 Å². The van der Waals surface area contributed by atoms with Crippen molar-refractivity contribution >= 4 is 5.97 Å². The molecule has 1 saturated carbocycles. The summed E-state index contributed by atoms with van der Waals surface area (Å²) in [6.45, 7) is 1.85. The van der Waals surface area contributed by atoms with E-state index in [2.05, 4.69) is 12.1 Å². The van der Waals surface area contributed by atoms with Crippen molar-refractivity contribution in [2.45, 2.75) is 51.0 Å². The quantitative estimate of drug-likeness (QED) is 0.741. The molecule has 0 spiro atoms. The van der Waals surface area contributed by atoms with Crippen molar-refractivity contribution in [2.75, 3.05) is 0 Å². The van der Waals surface area contributed by atoms with Crippen LogP contribution in [-0.2, 0) is 15.1 Å². The van der Waals surface area contributed by atoms with Gasteiger partial charge in [0.2, 0.25) is 0 Å². The molecular weight excluding hydrogens is 212 g/mol. The molecule has 0 N–H and O–H groups in total. The highest BCUT2D eigenvalue weighted by molar-refractivity contribution is 5.69. The lowest BCUT2D eigenvalue weighted by Crippen LogP contribution is -2.34. The smallest absolute Gasteiger partial charge is 0.306 e. The third kappa shape index (κ3) is 2.68. The van der Waals surface area contributed by atoms with Gasteiger partial charge in [0, 0.05) is 6.42 Å². The van der Waals surface area contributed by atoms with Crippen molar-refractivity contribution in [2.24, 2.45) is 0 Å². The fourth-order valence-corrected chi connectivity index (χ4v) is 2.60. The number of hydrogen-bond donors (Lipinski definition) is 0. The van der Waals surface area contributed by atoms with Crippen LogP contribution in [0.5, 0.6) is 0 Å². The largest absolute Gasteiger partial charge is 0.454 e. The molecule has 0 amide bonds. The molecule has 0 bridgehead atoms. The topological polar surface area (TPSA) is 26.3 Å². The zero-order valence-corrected chi connectivity index (χ0v) is 10.4. The monoisotopic (exact) mass is 232 g/mol. The lowest BCUT2D eigenvalue weighted by molar-refractivity contribution is -0.164. The van der Waals surface area contributed by atoms with Crippen LogP contribution >= 0.6 is 0 Å². The fourth-order valence-electron chi connectivity index (χ4n) is 2.60. The van der Waals surface area contributed by atoms with Crippen LogP contribution < -0.4 is 0 Å². The minimum absolute atomic E-state index is 0.0873. The van der Waals surface area contributed by atoms with Crippen LogP contribution in [0.1, 0.15) is 51.0 Å². The first-order valence-corrected chi connectivity index (χ1v) is 6.54. The molecule has 0 saturated heterocycles. The second-order valence-corrected chi connectivity index (χ2v) is 4.75. The standard InChI is InChI=1S/C15H20O2/c1-2-14(16)17-15(11-7-4-8-12-15)13-9-5-3-6-10-13/h3,5-6,9-10H,2,4,7-8,11-12H2,1H3. The van der Waals surface area contributed by atoms with E-state index in [4.69, 9.17) is 4.74 Å². The van der Waals surface area contributed by atoms with Gasteiger partial charge in [-0.15, -0.1) is 0 Å². The molecule has 0 aliphatic heterocycles. The van der Waals surface area contributed by atoms with E-state index in [1.165, 1.54) is 6.42 Å². The zero-order chi connectivity index (χ0) is 12.1. The second-order valence-electron chi connectivity index (χ2n) is 4.75. The summed E-state index contributed by atoms with van der Waals surface area (Å²) < 4.78 is 5.78. The minimum atomic E-state index is -0.355. The Balaban J connectivity index is 2.26. The van der Waals surface area contributed by atoms with E-state index in [9.17, 15) is 4.79 Å². The van der Waals surface area contributed by atoms with Crippen LogP contribution in [0, 0.1) is 0 Å². The Morgan fingerprint density at radius 1 is 1.18 bits per heavy atom. The molecule has 1 aromatic rings. The van der Waals surface area contributed by atoms with Crippen molar-refractivity contribution in [1.29, 1.82) is 0 Å². The maximum absolute atomic E-state index is 11.6. The summed E-state index contributed by atoms with van der Waals surface area (Å²) in [7, 11) is 0. The summed E-state index contributed by atoms with van der Waals surface area (Å²) in [4.78, 5) is 11.6. The zero-order valence-electron chi connectivity index (χ0n) is 10.4. The molecule has 0 atom stereocenters. The van der Waals surface area contributed by atoms with Crippen LogP contribution in [0.2, 0.25) is 0 Å². The Morgan fingerprint density at radius 2 is 1.82 bits per heavy atom. The van der Waals surface area contributed by atoms with Crippen LogP contribution in [0.3, 0.4) is 0 Å². The number of hydrogen-bond acceptors (Lipinski definition) is 2. The first kappa shape index (κ1) is 12.2. The molecule has 1 aliphatic rings. The number of benzene rings is 1. The van der Waals surface area contributed by atoms with Crippen molar-refractivity contribution < 1.29 is 9.53 Å². The molecule has 1 aromatic carbocycles. The average molecular weight is 232 g/mol. The van der Waals surface area contributed by atoms with Gasteiger partial charge in [0.05, 0.1) is 0 Å². The molecule has 17 heavy (non-hydrogen) atoms. The summed E-state index contributed by atoms with van der Waals surface area (Å²) in [6.07, 6.45) is 5.91. The predicted octanol–water partition coefficient (Wildman–Crippen LogP) is 3.80. The van der Waals surface area contributed by atoms with Gasteiger partial charge in [-0.05, 0) is 31.2 Å². The summed E-state index contributed by atoms with van der Waals surface area (Å²) in [5.41, 5.74) is 0.800. The van der Waals surface area contributed by atoms with Gasteiger partial charge >= 0.3 is 5.97 Å². The van der Waals surface area contributed by atoms with Gasteiger partial charge in [-0.3, -0.25) is 4.79 Å². The molecule has 2 heteroatoms. The van der Waals surface area contributed by atoms with Crippen molar-refractivity contribution in [3.8, 4) is 0 Å². The molecule has 0 unspecified atom stereocenters.